The van der Waals surface area contributed by atoms with Gasteiger partial charge in [-0.25, -0.2) is 0 Å². The van der Waals surface area contributed by atoms with E-state index in [0.29, 0.717) is 17.9 Å². The van der Waals surface area contributed by atoms with E-state index >= 15 is 0 Å². The summed E-state index contributed by atoms with van der Waals surface area (Å²) < 4.78 is 0. The van der Waals surface area contributed by atoms with Gasteiger partial charge in [-0.2, -0.15) is 0 Å². The molecule has 0 aromatic carbocycles. The summed E-state index contributed by atoms with van der Waals surface area (Å²) in [5.74, 6) is -1.20. The van der Waals surface area contributed by atoms with Gasteiger partial charge in [0.2, 0.25) is 0 Å². The van der Waals surface area contributed by atoms with Crippen LogP contribution in [0.3, 0.4) is 0 Å². The molecule has 1 unspecified atom stereocenters. The molecule has 0 saturated carbocycles. The van der Waals surface area contributed by atoms with Gasteiger partial charge in [-0.05, 0) is 12.0 Å². The van der Waals surface area contributed by atoms with Gasteiger partial charge in [0.15, 0.2) is 5.78 Å². The highest BCUT2D eigenvalue weighted by atomic mass is 16.4. The standard InChI is InChI=1S/C12H15NO3/c1-6(2)9-5-8-10(13-9)3-7(12(15)16)4-11(8)14/h5-7,13H,3-4H2,1-2H3,(H,15,16). The Balaban J connectivity index is 2.35. The molecule has 2 N–H and O–H groups in total. The first kappa shape index (κ1) is 10.9. The van der Waals surface area contributed by atoms with Crippen molar-refractivity contribution in [2.75, 3.05) is 0 Å². The second-order valence-electron chi connectivity index (χ2n) is 4.64. The van der Waals surface area contributed by atoms with Crippen LogP contribution in [0.4, 0.5) is 0 Å². The van der Waals surface area contributed by atoms with Gasteiger partial charge in [-0.1, -0.05) is 13.8 Å². The van der Waals surface area contributed by atoms with Crippen LogP contribution in [0.2, 0.25) is 0 Å². The van der Waals surface area contributed by atoms with E-state index in [0.717, 1.165) is 11.4 Å². The van der Waals surface area contributed by atoms with E-state index in [2.05, 4.69) is 4.98 Å². The molecule has 0 bridgehead atoms. The maximum absolute atomic E-state index is 11.8. The lowest BCUT2D eigenvalue weighted by atomic mass is 9.87. The Bertz CT molecular complexity index is 445. The Morgan fingerprint density at radius 3 is 2.75 bits per heavy atom. The molecule has 0 fully saturated rings. The first-order valence-electron chi connectivity index (χ1n) is 5.46. The predicted octanol–water partition coefficient (Wildman–Crippen LogP) is 1.97. The number of aromatic amines is 1. The first-order valence-corrected chi connectivity index (χ1v) is 5.46. The predicted molar refractivity (Wildman–Crippen MR) is 58.7 cm³/mol. The van der Waals surface area contributed by atoms with Crippen LogP contribution in [0, 0.1) is 5.92 Å². The third-order valence-electron chi connectivity index (χ3n) is 3.07. The Hall–Kier alpha value is -1.58. The molecule has 1 atom stereocenters. The quantitative estimate of drug-likeness (QED) is 0.802. The topological polar surface area (TPSA) is 70.2 Å². The summed E-state index contributed by atoms with van der Waals surface area (Å²) in [5.41, 5.74) is 2.47. The number of H-pyrrole nitrogens is 1. The zero-order chi connectivity index (χ0) is 11.9. The number of aliphatic carboxylic acids is 1. The second kappa shape index (κ2) is 3.77. The molecule has 1 aliphatic carbocycles. The van der Waals surface area contributed by atoms with Gasteiger partial charge in [0.25, 0.3) is 0 Å². The number of Topliss-reactive ketones (excluding diaryl/α,β-unsaturated/α-hetero) is 1. The summed E-state index contributed by atoms with van der Waals surface area (Å²) >= 11 is 0. The van der Waals surface area contributed by atoms with Crippen LogP contribution in [-0.4, -0.2) is 21.8 Å². The molecule has 1 aliphatic rings. The molecule has 4 heteroatoms. The van der Waals surface area contributed by atoms with Crippen LogP contribution >= 0.6 is 0 Å². The summed E-state index contributed by atoms with van der Waals surface area (Å²) in [7, 11) is 0. The molecule has 0 aliphatic heterocycles. The minimum absolute atomic E-state index is 0.0585. The van der Waals surface area contributed by atoms with Gasteiger partial charge in [0, 0.05) is 29.8 Å². The molecule has 1 aromatic heterocycles. The fourth-order valence-electron chi connectivity index (χ4n) is 2.07. The number of hydrogen-bond donors (Lipinski definition) is 2. The molecule has 16 heavy (non-hydrogen) atoms. The lowest BCUT2D eigenvalue weighted by Crippen LogP contribution is -2.25. The summed E-state index contributed by atoms with van der Waals surface area (Å²) in [5, 5.41) is 8.93. The summed E-state index contributed by atoms with van der Waals surface area (Å²) in [6.45, 7) is 4.08. The van der Waals surface area contributed by atoms with Crippen molar-refractivity contribution in [2.45, 2.75) is 32.6 Å². The van der Waals surface area contributed by atoms with Crippen LogP contribution in [0.1, 0.15) is 47.9 Å². The molecule has 1 aromatic rings. The van der Waals surface area contributed by atoms with Gasteiger partial charge in [0.05, 0.1) is 5.92 Å². The molecule has 0 spiro atoms. The summed E-state index contributed by atoms with van der Waals surface area (Å²) in [6, 6.07) is 1.86. The number of carbonyl (C=O) groups excluding carboxylic acids is 1. The SMILES string of the molecule is CC(C)c1cc2c([nH]1)CC(C(=O)O)CC2=O. The lowest BCUT2D eigenvalue weighted by molar-refractivity contribution is -0.141. The Morgan fingerprint density at radius 2 is 2.19 bits per heavy atom. The number of nitrogens with one attached hydrogen (secondary N) is 1. The maximum Gasteiger partial charge on any atom is 0.307 e. The molecular formula is C12H15NO3. The van der Waals surface area contributed by atoms with E-state index < -0.39 is 11.9 Å². The fraction of sp³-hybridized carbons (Fsp3) is 0.500. The van der Waals surface area contributed by atoms with Gasteiger partial charge >= 0.3 is 5.97 Å². The number of rotatable bonds is 2. The normalized spacial score (nSPS) is 19.9. The van der Waals surface area contributed by atoms with Crippen molar-refractivity contribution in [3.8, 4) is 0 Å². The fourth-order valence-corrected chi connectivity index (χ4v) is 2.07. The zero-order valence-electron chi connectivity index (χ0n) is 9.41. The van der Waals surface area contributed by atoms with Gasteiger partial charge < -0.3 is 10.1 Å². The highest BCUT2D eigenvalue weighted by Gasteiger charge is 2.31. The maximum atomic E-state index is 11.8. The lowest BCUT2D eigenvalue weighted by Gasteiger charge is -2.16. The van der Waals surface area contributed by atoms with Crippen molar-refractivity contribution in [1.82, 2.24) is 4.98 Å². The molecule has 4 nitrogen and oxygen atoms in total. The highest BCUT2D eigenvalue weighted by molar-refractivity contribution is 6.00. The Morgan fingerprint density at radius 1 is 1.50 bits per heavy atom. The number of hydrogen-bond acceptors (Lipinski definition) is 2. The van der Waals surface area contributed by atoms with Crippen molar-refractivity contribution in [1.29, 1.82) is 0 Å². The van der Waals surface area contributed by atoms with Crippen LogP contribution in [0.25, 0.3) is 0 Å². The number of carboxylic acids is 1. The molecule has 0 saturated heterocycles. The highest BCUT2D eigenvalue weighted by Crippen LogP contribution is 2.28. The van der Waals surface area contributed by atoms with E-state index in [1.807, 2.05) is 19.9 Å². The van der Waals surface area contributed by atoms with Crippen molar-refractivity contribution < 1.29 is 14.7 Å². The minimum atomic E-state index is -0.889. The van der Waals surface area contributed by atoms with Crippen LogP contribution in [-0.2, 0) is 11.2 Å². The van der Waals surface area contributed by atoms with Crippen molar-refractivity contribution >= 4 is 11.8 Å². The number of carboxylic acid groups (broad SMARTS) is 1. The largest absolute Gasteiger partial charge is 0.481 e. The molecule has 0 amide bonds. The van der Waals surface area contributed by atoms with E-state index in [1.54, 1.807) is 0 Å². The van der Waals surface area contributed by atoms with Crippen molar-refractivity contribution in [2.24, 2.45) is 5.92 Å². The zero-order valence-corrected chi connectivity index (χ0v) is 9.41. The van der Waals surface area contributed by atoms with Crippen molar-refractivity contribution in [3.63, 3.8) is 0 Å². The monoisotopic (exact) mass is 221 g/mol. The average molecular weight is 221 g/mol. The molecule has 86 valence electrons. The number of carbonyl (C=O) groups is 2. The summed E-state index contributed by atoms with van der Waals surface area (Å²) in [6.07, 6.45) is 0.556. The third-order valence-corrected chi connectivity index (χ3v) is 3.07. The number of aromatic nitrogens is 1. The smallest absolute Gasteiger partial charge is 0.307 e. The van der Waals surface area contributed by atoms with Crippen LogP contribution in [0.15, 0.2) is 6.07 Å². The molecular weight excluding hydrogens is 206 g/mol. The summed E-state index contributed by atoms with van der Waals surface area (Å²) in [4.78, 5) is 25.8. The first-order chi connectivity index (χ1) is 7.49. The van der Waals surface area contributed by atoms with Crippen LogP contribution < -0.4 is 0 Å². The third kappa shape index (κ3) is 1.75. The van der Waals surface area contributed by atoms with Gasteiger partial charge in [-0.3, -0.25) is 9.59 Å². The Kier molecular flexibility index (Phi) is 2.58. The van der Waals surface area contributed by atoms with E-state index in [9.17, 15) is 9.59 Å². The van der Waals surface area contributed by atoms with E-state index in [4.69, 9.17) is 5.11 Å². The number of ketones is 1. The average Bonchev–Trinajstić information content (AvgIpc) is 2.61. The number of fused-ring (bicyclic) bond motifs is 1. The van der Waals surface area contributed by atoms with Crippen LogP contribution in [0.5, 0.6) is 0 Å². The molecule has 0 radical (unpaired) electrons. The van der Waals surface area contributed by atoms with Gasteiger partial charge in [0.1, 0.15) is 0 Å². The second-order valence-corrected chi connectivity index (χ2v) is 4.64. The molecule has 2 rings (SSSR count). The Labute approximate surface area is 93.7 Å². The van der Waals surface area contributed by atoms with E-state index in [-0.39, 0.29) is 12.2 Å². The minimum Gasteiger partial charge on any atom is -0.481 e. The van der Waals surface area contributed by atoms with Crippen molar-refractivity contribution in [3.05, 3.63) is 23.0 Å². The molecule has 1 heterocycles. The van der Waals surface area contributed by atoms with E-state index in [1.165, 1.54) is 0 Å². The van der Waals surface area contributed by atoms with Gasteiger partial charge in [-0.15, -0.1) is 0 Å².